The summed E-state index contributed by atoms with van der Waals surface area (Å²) >= 11 is 0. The van der Waals surface area contributed by atoms with Gasteiger partial charge in [-0.3, -0.25) is 17.2 Å². The van der Waals surface area contributed by atoms with Crippen molar-refractivity contribution in [2.45, 2.75) is 12.3 Å². The predicted molar refractivity (Wildman–Crippen MR) is 66.2 cm³/mol. The molecule has 16 N–H and O–H groups in total. The lowest BCUT2D eigenvalue weighted by atomic mass is 9.95. The number of hydrogen-bond acceptors (Lipinski definition) is 8. The van der Waals surface area contributed by atoms with Crippen LogP contribution in [-0.4, -0.2) is 0 Å². The maximum absolute atomic E-state index is 5.76. The molecule has 8 nitrogen and oxygen atoms in total. The molecule has 0 aliphatic carbocycles. The van der Waals surface area contributed by atoms with Crippen molar-refractivity contribution in [1.29, 1.82) is 0 Å². The first-order chi connectivity index (χ1) is 7.21. The van der Waals surface area contributed by atoms with E-state index in [1.165, 1.54) is 0 Å². The summed E-state index contributed by atoms with van der Waals surface area (Å²) in [4.78, 5) is 0. The van der Waals surface area contributed by atoms with Crippen molar-refractivity contribution in [1.82, 2.24) is 0 Å². The first-order valence-corrected chi connectivity index (χ1v) is 4.53. The predicted octanol–water partition coefficient (Wildman–Crippen LogP) is -2.54. The van der Waals surface area contributed by atoms with E-state index >= 15 is 0 Å². The highest BCUT2D eigenvalue weighted by Gasteiger charge is 2.27. The molecule has 0 fully saturated rings. The van der Waals surface area contributed by atoms with Crippen LogP contribution < -0.4 is 45.9 Å². The summed E-state index contributed by atoms with van der Waals surface area (Å²) in [6, 6.07) is 0. The van der Waals surface area contributed by atoms with Gasteiger partial charge in [-0.15, -0.1) is 0 Å². The number of nitrogens with two attached hydrogens (primary N) is 8. The highest BCUT2D eigenvalue weighted by Crippen LogP contribution is 2.38. The minimum absolute atomic E-state index is 0.0587. The Kier molecular flexibility index (Phi) is 2.84. The smallest absolute Gasteiger partial charge is 0.145 e. The zero-order valence-electron chi connectivity index (χ0n) is 8.83. The van der Waals surface area contributed by atoms with Gasteiger partial charge in [-0.25, -0.2) is 0 Å². The fraction of sp³-hybridized carbons (Fsp3) is 0.250. The molecule has 0 aromatic heterocycles. The van der Waals surface area contributed by atoms with Gasteiger partial charge in [0, 0.05) is 17.7 Å². The molecule has 0 aliphatic heterocycles. The molecule has 0 saturated heterocycles. The van der Waals surface area contributed by atoms with E-state index in [2.05, 4.69) is 0 Å². The van der Waals surface area contributed by atoms with E-state index in [4.69, 9.17) is 45.9 Å². The second kappa shape index (κ2) is 3.68. The van der Waals surface area contributed by atoms with Crippen LogP contribution in [0.5, 0.6) is 0 Å². The van der Waals surface area contributed by atoms with E-state index in [0.717, 1.165) is 0 Å². The van der Waals surface area contributed by atoms with E-state index < -0.39 is 5.79 Å². The quantitative estimate of drug-likeness (QED) is 0.198. The van der Waals surface area contributed by atoms with E-state index in [1.54, 1.807) is 0 Å². The first-order valence-electron chi connectivity index (χ1n) is 4.53. The third-order valence-corrected chi connectivity index (χ3v) is 2.40. The molecule has 0 spiro atoms. The fourth-order valence-electron chi connectivity index (χ4n) is 1.59. The maximum atomic E-state index is 5.76. The topological polar surface area (TPSA) is 208 Å². The molecule has 0 amide bonds. The Morgan fingerprint density at radius 1 is 0.750 bits per heavy atom. The van der Waals surface area contributed by atoms with Gasteiger partial charge in [0.25, 0.3) is 0 Å². The summed E-state index contributed by atoms with van der Waals surface area (Å²) < 4.78 is 0. The van der Waals surface area contributed by atoms with E-state index in [-0.39, 0.29) is 34.9 Å². The largest absolute Gasteiger partial charge is 0.397 e. The number of nitrogen functional groups attached to an aromatic ring is 4. The zero-order chi connectivity index (χ0) is 12.7. The van der Waals surface area contributed by atoms with Gasteiger partial charge in [-0.2, -0.15) is 0 Å². The fourth-order valence-corrected chi connectivity index (χ4v) is 1.59. The summed E-state index contributed by atoms with van der Waals surface area (Å²) in [5.74, 6) is -1.67. The van der Waals surface area contributed by atoms with Crippen molar-refractivity contribution in [2.24, 2.45) is 22.9 Å². The Morgan fingerprint density at radius 3 is 1.56 bits per heavy atom. The van der Waals surface area contributed by atoms with Crippen LogP contribution in [-0.2, 0) is 12.3 Å². The van der Waals surface area contributed by atoms with Gasteiger partial charge in [-0.05, 0) is 0 Å². The normalized spacial score (nSPS) is 11.8. The van der Waals surface area contributed by atoms with Crippen LogP contribution in [0.1, 0.15) is 11.1 Å². The maximum Gasteiger partial charge on any atom is 0.145 e. The zero-order valence-corrected chi connectivity index (χ0v) is 8.83. The lowest BCUT2D eigenvalue weighted by Gasteiger charge is -2.27. The first kappa shape index (κ1) is 12.3. The molecule has 90 valence electrons. The summed E-state index contributed by atoms with van der Waals surface area (Å²) in [5, 5.41) is 0. The SMILES string of the molecule is NCc1c(N)c(N)c(N)c(N)c1C(N)(N)N. The van der Waals surface area contributed by atoms with Gasteiger partial charge in [0.15, 0.2) is 0 Å². The Balaban J connectivity index is 3.72. The highest BCUT2D eigenvalue weighted by atomic mass is 15.1. The van der Waals surface area contributed by atoms with Gasteiger partial charge >= 0.3 is 0 Å². The van der Waals surface area contributed by atoms with Crippen molar-refractivity contribution in [3.05, 3.63) is 11.1 Å². The minimum atomic E-state index is -1.67. The van der Waals surface area contributed by atoms with Crippen LogP contribution in [0.2, 0.25) is 0 Å². The second-order valence-corrected chi connectivity index (χ2v) is 3.65. The van der Waals surface area contributed by atoms with E-state index in [1.807, 2.05) is 0 Å². The van der Waals surface area contributed by atoms with Gasteiger partial charge in [0.2, 0.25) is 0 Å². The lowest BCUT2D eigenvalue weighted by Crippen LogP contribution is -2.55. The van der Waals surface area contributed by atoms with Crippen molar-refractivity contribution >= 4 is 22.7 Å². The second-order valence-electron chi connectivity index (χ2n) is 3.65. The highest BCUT2D eigenvalue weighted by molar-refractivity contribution is 5.91. The van der Waals surface area contributed by atoms with Gasteiger partial charge < -0.3 is 28.7 Å². The molecule has 0 unspecified atom stereocenters. The van der Waals surface area contributed by atoms with Crippen molar-refractivity contribution in [2.75, 3.05) is 22.9 Å². The molecule has 1 rings (SSSR count). The Labute approximate surface area is 92.9 Å². The Morgan fingerprint density at radius 2 is 1.19 bits per heavy atom. The molecule has 0 atom stereocenters. The molecule has 1 aromatic rings. The van der Waals surface area contributed by atoms with Crippen LogP contribution in [0.4, 0.5) is 22.7 Å². The van der Waals surface area contributed by atoms with Crippen molar-refractivity contribution in [3.63, 3.8) is 0 Å². The van der Waals surface area contributed by atoms with Crippen LogP contribution >= 0.6 is 0 Å². The van der Waals surface area contributed by atoms with Crippen LogP contribution in [0.15, 0.2) is 0 Å². The van der Waals surface area contributed by atoms with Gasteiger partial charge in [0.1, 0.15) is 5.79 Å². The van der Waals surface area contributed by atoms with Crippen molar-refractivity contribution in [3.8, 4) is 0 Å². The third kappa shape index (κ3) is 1.70. The minimum Gasteiger partial charge on any atom is -0.397 e. The summed E-state index contributed by atoms with van der Waals surface area (Å²) in [6.45, 7) is 0.0587. The molecule has 0 heterocycles. The Hall–Kier alpha value is -1.74. The molecule has 1 aromatic carbocycles. The summed E-state index contributed by atoms with van der Waals surface area (Å²) in [6.07, 6.45) is 0. The molecule has 0 saturated carbocycles. The average molecular weight is 226 g/mol. The van der Waals surface area contributed by atoms with Crippen LogP contribution in [0.25, 0.3) is 0 Å². The third-order valence-electron chi connectivity index (χ3n) is 2.40. The molecular weight excluding hydrogens is 208 g/mol. The van der Waals surface area contributed by atoms with Gasteiger partial charge in [0.05, 0.1) is 22.7 Å². The molecule has 8 heteroatoms. The lowest BCUT2D eigenvalue weighted by molar-refractivity contribution is 0.486. The standard InChI is InChI=1S/C8H18N8/c9-1-2-3(8(14,15)16)5(11)7(13)6(12)4(2)10/h1,9-16H2. The molecule has 0 aliphatic rings. The number of benzene rings is 1. The van der Waals surface area contributed by atoms with Crippen LogP contribution in [0, 0.1) is 0 Å². The summed E-state index contributed by atoms with van der Waals surface area (Å²) in [7, 11) is 0. The average Bonchev–Trinajstić information content (AvgIpc) is 2.18. The van der Waals surface area contributed by atoms with Crippen molar-refractivity contribution < 1.29 is 0 Å². The van der Waals surface area contributed by atoms with E-state index in [9.17, 15) is 0 Å². The Bertz CT molecular complexity index is 419. The molecule has 0 bridgehead atoms. The monoisotopic (exact) mass is 226 g/mol. The molecule has 0 radical (unpaired) electrons. The molecule has 16 heavy (non-hydrogen) atoms. The number of hydrogen-bond donors (Lipinski definition) is 8. The van der Waals surface area contributed by atoms with Crippen LogP contribution in [0.3, 0.4) is 0 Å². The molecular formula is C8H18N8. The van der Waals surface area contributed by atoms with Gasteiger partial charge in [-0.1, -0.05) is 0 Å². The van der Waals surface area contributed by atoms with E-state index in [0.29, 0.717) is 5.56 Å². The summed E-state index contributed by atoms with van der Waals surface area (Å²) in [5.41, 5.74) is 46.4. The number of anilines is 4. The number of rotatable bonds is 2.